The highest BCUT2D eigenvalue weighted by Crippen LogP contribution is 2.28. The van der Waals surface area contributed by atoms with Gasteiger partial charge < -0.3 is 4.90 Å². The Morgan fingerprint density at radius 3 is 2.44 bits per heavy atom. The van der Waals surface area contributed by atoms with Crippen LogP contribution in [0.2, 0.25) is 0 Å². The average molecular weight is 266 g/mol. The van der Waals surface area contributed by atoms with Crippen molar-refractivity contribution in [2.45, 2.75) is 70.9 Å². The lowest BCUT2D eigenvalue weighted by molar-refractivity contribution is -0.153. The fraction of sp³-hybridized carbons (Fsp3) is 0.917. The van der Waals surface area contributed by atoms with E-state index in [0.717, 1.165) is 6.42 Å². The van der Waals surface area contributed by atoms with Gasteiger partial charge in [-0.2, -0.15) is 13.2 Å². The second kappa shape index (κ2) is 5.91. The van der Waals surface area contributed by atoms with Crippen LogP contribution in [0.1, 0.15) is 46.5 Å². The predicted molar refractivity (Wildman–Crippen MR) is 62.9 cm³/mol. The first kappa shape index (κ1) is 15.3. The molecule has 0 aromatic rings. The highest BCUT2D eigenvalue weighted by molar-refractivity contribution is 5.84. The zero-order valence-electron chi connectivity index (χ0n) is 11.0. The first-order valence-corrected chi connectivity index (χ1v) is 6.45. The second-order valence-electron chi connectivity index (χ2n) is 4.85. The molecule has 0 spiro atoms. The summed E-state index contributed by atoms with van der Waals surface area (Å²) < 4.78 is 37.2. The van der Waals surface area contributed by atoms with Crippen LogP contribution in [0.5, 0.6) is 0 Å². The summed E-state index contributed by atoms with van der Waals surface area (Å²) in [6, 6.07) is -1.13. The van der Waals surface area contributed by atoms with Crippen LogP contribution in [0.25, 0.3) is 0 Å². The number of alkyl halides is 3. The van der Waals surface area contributed by atoms with Crippen LogP contribution in [0.15, 0.2) is 0 Å². The van der Waals surface area contributed by atoms with E-state index >= 15 is 0 Å². The number of carbonyl (C=O) groups is 1. The van der Waals surface area contributed by atoms with Crippen LogP contribution in [0, 0.1) is 0 Å². The largest absolute Gasteiger partial charge is 0.391 e. The van der Waals surface area contributed by atoms with Gasteiger partial charge in [0.15, 0.2) is 0 Å². The van der Waals surface area contributed by atoms with Crippen molar-refractivity contribution >= 4 is 5.91 Å². The zero-order valence-corrected chi connectivity index (χ0v) is 11.0. The summed E-state index contributed by atoms with van der Waals surface area (Å²) >= 11 is 0. The third kappa shape index (κ3) is 3.60. The highest BCUT2D eigenvalue weighted by atomic mass is 19.4. The van der Waals surface area contributed by atoms with Crippen molar-refractivity contribution in [2.24, 2.45) is 0 Å². The van der Waals surface area contributed by atoms with E-state index in [1.54, 1.807) is 0 Å². The maximum atomic E-state index is 12.4. The van der Waals surface area contributed by atoms with Crippen molar-refractivity contribution in [3.05, 3.63) is 0 Å². The van der Waals surface area contributed by atoms with Crippen LogP contribution >= 0.6 is 0 Å². The molecule has 0 bridgehead atoms. The van der Waals surface area contributed by atoms with Gasteiger partial charge in [0.25, 0.3) is 0 Å². The van der Waals surface area contributed by atoms with E-state index in [9.17, 15) is 18.0 Å². The molecule has 0 aromatic carbocycles. The van der Waals surface area contributed by atoms with Gasteiger partial charge in [0.2, 0.25) is 5.91 Å². The Kier molecular flexibility index (Phi) is 5.01. The molecule has 1 fully saturated rings. The average Bonchev–Trinajstić information content (AvgIpc) is 2.54. The summed E-state index contributed by atoms with van der Waals surface area (Å²) in [6.07, 6.45) is -3.33. The third-order valence-corrected chi connectivity index (χ3v) is 3.25. The molecule has 1 saturated heterocycles. The molecule has 1 aliphatic heterocycles. The first-order chi connectivity index (χ1) is 8.30. The molecule has 1 rings (SSSR count). The predicted octanol–water partition coefficient (Wildman–Crippen LogP) is 2.66. The third-order valence-electron chi connectivity index (χ3n) is 3.25. The first-order valence-electron chi connectivity index (χ1n) is 6.45. The summed E-state index contributed by atoms with van der Waals surface area (Å²) in [5, 5.41) is 3.12. The van der Waals surface area contributed by atoms with Crippen LogP contribution in [-0.4, -0.2) is 35.2 Å². The van der Waals surface area contributed by atoms with Crippen molar-refractivity contribution in [1.82, 2.24) is 10.2 Å². The maximum absolute atomic E-state index is 12.4. The molecule has 3 atom stereocenters. The van der Waals surface area contributed by atoms with E-state index < -0.39 is 18.6 Å². The highest BCUT2D eigenvalue weighted by Gasteiger charge is 2.43. The number of amides is 1. The van der Waals surface area contributed by atoms with Crippen molar-refractivity contribution in [3.8, 4) is 0 Å². The van der Waals surface area contributed by atoms with Crippen molar-refractivity contribution < 1.29 is 18.0 Å². The van der Waals surface area contributed by atoms with Crippen molar-refractivity contribution in [3.63, 3.8) is 0 Å². The van der Waals surface area contributed by atoms with Gasteiger partial charge in [-0.05, 0) is 19.8 Å². The lowest BCUT2D eigenvalue weighted by Crippen LogP contribution is -2.44. The molecule has 1 heterocycles. The minimum Gasteiger partial charge on any atom is -0.323 e. The van der Waals surface area contributed by atoms with Gasteiger partial charge in [-0.25, -0.2) is 0 Å². The Bertz CT molecular complexity index is 294. The van der Waals surface area contributed by atoms with Crippen molar-refractivity contribution in [1.29, 1.82) is 0 Å². The van der Waals surface area contributed by atoms with Gasteiger partial charge in [-0.15, -0.1) is 0 Å². The van der Waals surface area contributed by atoms with E-state index in [1.807, 2.05) is 13.8 Å². The molecule has 18 heavy (non-hydrogen) atoms. The van der Waals surface area contributed by atoms with E-state index in [2.05, 4.69) is 5.32 Å². The van der Waals surface area contributed by atoms with Crippen LogP contribution < -0.4 is 5.32 Å². The molecule has 0 radical (unpaired) electrons. The number of carbonyl (C=O) groups excluding carboxylic acids is 1. The fourth-order valence-electron chi connectivity index (χ4n) is 2.49. The smallest absolute Gasteiger partial charge is 0.323 e. The molecular weight excluding hydrogens is 245 g/mol. The molecule has 106 valence electrons. The van der Waals surface area contributed by atoms with Crippen LogP contribution in [-0.2, 0) is 4.79 Å². The standard InChI is InChI=1S/C12H21F3N2O/c1-4-6-9-11(18)17(10(5-2)16-9)8(3)7-12(13,14)15/h8-10,16H,4-7H2,1-3H3. The van der Waals surface area contributed by atoms with Gasteiger partial charge in [0, 0.05) is 6.04 Å². The van der Waals surface area contributed by atoms with Gasteiger partial charge in [0.05, 0.1) is 18.6 Å². The summed E-state index contributed by atoms with van der Waals surface area (Å²) in [7, 11) is 0. The minimum absolute atomic E-state index is 0.194. The fourth-order valence-corrected chi connectivity index (χ4v) is 2.49. The number of nitrogens with zero attached hydrogens (tertiary/aromatic N) is 1. The van der Waals surface area contributed by atoms with Gasteiger partial charge in [-0.1, -0.05) is 20.3 Å². The summed E-state index contributed by atoms with van der Waals surface area (Å²) in [5.41, 5.74) is 0. The Hall–Kier alpha value is -0.780. The molecule has 0 aliphatic carbocycles. The number of nitrogens with one attached hydrogen (secondary N) is 1. The Morgan fingerprint density at radius 1 is 1.39 bits per heavy atom. The minimum atomic E-state index is -4.24. The van der Waals surface area contributed by atoms with Crippen LogP contribution in [0.3, 0.4) is 0 Å². The molecule has 3 unspecified atom stereocenters. The Balaban J connectivity index is 2.75. The summed E-state index contributed by atoms with van der Waals surface area (Å²) in [5.74, 6) is -0.194. The van der Waals surface area contributed by atoms with Crippen LogP contribution in [0.4, 0.5) is 13.2 Å². The molecule has 1 amide bonds. The monoisotopic (exact) mass is 266 g/mol. The Morgan fingerprint density at radius 2 is 2.00 bits per heavy atom. The Labute approximate surface area is 106 Å². The molecule has 6 heteroatoms. The molecule has 1 N–H and O–H groups in total. The topological polar surface area (TPSA) is 32.3 Å². The van der Waals surface area contributed by atoms with Gasteiger partial charge in [-0.3, -0.25) is 10.1 Å². The number of hydrogen-bond acceptors (Lipinski definition) is 2. The van der Waals surface area contributed by atoms with E-state index in [0.29, 0.717) is 12.8 Å². The quantitative estimate of drug-likeness (QED) is 0.829. The molecule has 1 aliphatic rings. The summed E-state index contributed by atoms with van der Waals surface area (Å²) in [6.45, 7) is 5.29. The molecule has 3 nitrogen and oxygen atoms in total. The molecule has 0 aromatic heterocycles. The van der Waals surface area contributed by atoms with Gasteiger partial charge >= 0.3 is 6.18 Å². The molecule has 0 saturated carbocycles. The SMILES string of the molecule is CCCC1NC(CC)N(C(C)CC(F)(F)F)C1=O. The molecular formula is C12H21F3N2O. The van der Waals surface area contributed by atoms with E-state index in [-0.39, 0.29) is 18.1 Å². The van der Waals surface area contributed by atoms with Gasteiger partial charge in [0.1, 0.15) is 0 Å². The number of halogens is 3. The zero-order chi connectivity index (χ0) is 13.9. The van der Waals surface area contributed by atoms with E-state index in [1.165, 1.54) is 11.8 Å². The lowest BCUT2D eigenvalue weighted by Gasteiger charge is -2.30. The second-order valence-corrected chi connectivity index (χ2v) is 4.85. The normalized spacial score (nSPS) is 26.8. The lowest BCUT2D eigenvalue weighted by atomic mass is 10.1. The summed E-state index contributed by atoms with van der Waals surface area (Å²) in [4.78, 5) is 13.5. The number of rotatable bonds is 5. The van der Waals surface area contributed by atoms with E-state index in [4.69, 9.17) is 0 Å². The number of hydrogen-bond donors (Lipinski definition) is 1. The maximum Gasteiger partial charge on any atom is 0.391 e. The van der Waals surface area contributed by atoms with Crippen molar-refractivity contribution in [2.75, 3.05) is 0 Å².